The van der Waals surface area contributed by atoms with Gasteiger partial charge >= 0.3 is 0 Å². The summed E-state index contributed by atoms with van der Waals surface area (Å²) in [7, 11) is 0. The molecule has 2 heterocycles. The highest BCUT2D eigenvalue weighted by Gasteiger charge is 2.19. The number of unbranched alkanes of at least 4 members (excludes halogenated alkanes) is 1. The summed E-state index contributed by atoms with van der Waals surface area (Å²) >= 11 is 0. The molecule has 2 aromatic heterocycles. The molecule has 0 aliphatic heterocycles. The fraction of sp³-hybridized carbons (Fsp3) is 0.706. The van der Waals surface area contributed by atoms with Crippen molar-refractivity contribution in [3.05, 3.63) is 17.1 Å². The van der Waals surface area contributed by atoms with Gasteiger partial charge in [0.15, 0.2) is 11.5 Å². The molecule has 2 aromatic rings. The minimum absolute atomic E-state index is 0.0932. The third-order valence-corrected chi connectivity index (χ3v) is 4.59. The lowest BCUT2D eigenvalue weighted by molar-refractivity contribution is -0.125. The summed E-state index contributed by atoms with van der Waals surface area (Å²) in [5.41, 5.74) is 3.06. The van der Waals surface area contributed by atoms with Gasteiger partial charge in [0.2, 0.25) is 5.91 Å². The van der Waals surface area contributed by atoms with E-state index in [0.717, 1.165) is 48.4 Å². The predicted molar refractivity (Wildman–Crippen MR) is 91.5 cm³/mol. The molecule has 2 unspecified atom stereocenters. The quantitative estimate of drug-likeness (QED) is 0.785. The highest BCUT2D eigenvalue weighted by molar-refractivity contribution is 5.78. The topological polar surface area (TPSA) is 75.1 Å². The zero-order chi connectivity index (χ0) is 17.0. The molecule has 2 N–H and O–H groups in total. The van der Waals surface area contributed by atoms with E-state index in [-0.39, 0.29) is 17.7 Å². The van der Waals surface area contributed by atoms with E-state index in [0.29, 0.717) is 6.54 Å². The lowest BCUT2D eigenvalue weighted by Crippen LogP contribution is -2.33. The largest absolute Gasteiger partial charge is 0.355 e. The number of aryl methyl sites for hydroxylation is 2. The van der Waals surface area contributed by atoms with Crippen molar-refractivity contribution in [2.45, 2.75) is 66.2 Å². The van der Waals surface area contributed by atoms with E-state index >= 15 is 0 Å². The van der Waals surface area contributed by atoms with Crippen LogP contribution in [-0.2, 0) is 4.79 Å². The van der Waals surface area contributed by atoms with Crippen LogP contribution in [0, 0.1) is 19.8 Å². The molecule has 0 aliphatic carbocycles. The Morgan fingerprint density at radius 1 is 1.35 bits per heavy atom. The normalized spacial score (nSPS) is 14.1. The monoisotopic (exact) mass is 319 g/mol. The zero-order valence-corrected chi connectivity index (χ0v) is 14.9. The summed E-state index contributed by atoms with van der Waals surface area (Å²) in [5.74, 6) is 1.14. The van der Waals surface area contributed by atoms with E-state index in [1.807, 2.05) is 20.8 Å². The standard InChI is InChI=1S/C17H29N5O/c1-6-8-9-14(7-2)17(23)18-10-11(3)15-19-16-12(4)13(5)20-22(16)21-15/h11,14,20H,6-10H2,1-5H3,(H,18,23). The van der Waals surface area contributed by atoms with Crippen LogP contribution in [0.3, 0.4) is 0 Å². The Hall–Kier alpha value is -1.85. The zero-order valence-electron chi connectivity index (χ0n) is 14.9. The van der Waals surface area contributed by atoms with Gasteiger partial charge in [0, 0.05) is 29.6 Å². The first-order valence-electron chi connectivity index (χ1n) is 8.67. The second kappa shape index (κ2) is 7.62. The molecule has 0 aliphatic rings. The predicted octanol–water partition coefficient (Wildman–Crippen LogP) is 3.11. The number of nitrogens with one attached hydrogen (secondary N) is 2. The van der Waals surface area contributed by atoms with E-state index in [2.05, 4.69) is 34.3 Å². The van der Waals surface area contributed by atoms with Gasteiger partial charge in [0.1, 0.15) is 0 Å². The Kier molecular flexibility index (Phi) is 5.80. The fourth-order valence-electron chi connectivity index (χ4n) is 2.73. The van der Waals surface area contributed by atoms with Gasteiger partial charge in [-0.1, -0.05) is 33.6 Å². The summed E-state index contributed by atoms with van der Waals surface area (Å²) in [4.78, 5) is 16.9. The Bertz CT molecular complexity index is 657. The smallest absolute Gasteiger partial charge is 0.223 e. The Morgan fingerprint density at radius 3 is 2.70 bits per heavy atom. The molecule has 6 heteroatoms. The lowest BCUT2D eigenvalue weighted by atomic mass is 9.98. The fourth-order valence-corrected chi connectivity index (χ4v) is 2.73. The summed E-state index contributed by atoms with van der Waals surface area (Å²) in [6, 6.07) is 0. The van der Waals surface area contributed by atoms with Gasteiger partial charge in [0.25, 0.3) is 0 Å². The first-order chi connectivity index (χ1) is 11.0. The van der Waals surface area contributed by atoms with Crippen LogP contribution in [0.15, 0.2) is 0 Å². The van der Waals surface area contributed by atoms with Gasteiger partial charge in [-0.25, -0.2) is 4.98 Å². The molecule has 6 nitrogen and oxygen atoms in total. The third kappa shape index (κ3) is 3.92. The van der Waals surface area contributed by atoms with Gasteiger partial charge in [-0.3, -0.25) is 9.89 Å². The van der Waals surface area contributed by atoms with E-state index in [9.17, 15) is 4.79 Å². The first-order valence-corrected chi connectivity index (χ1v) is 8.67. The highest BCUT2D eigenvalue weighted by atomic mass is 16.1. The number of carbonyl (C=O) groups is 1. The van der Waals surface area contributed by atoms with Crippen LogP contribution in [0.25, 0.3) is 5.65 Å². The number of aromatic amines is 1. The molecule has 0 saturated heterocycles. The Labute approximate surface area is 138 Å². The Morgan fingerprint density at radius 2 is 2.09 bits per heavy atom. The number of amides is 1. The van der Waals surface area contributed by atoms with E-state index in [1.54, 1.807) is 4.63 Å². The van der Waals surface area contributed by atoms with Crippen LogP contribution >= 0.6 is 0 Å². The van der Waals surface area contributed by atoms with E-state index < -0.39 is 0 Å². The third-order valence-electron chi connectivity index (χ3n) is 4.59. The maximum absolute atomic E-state index is 12.3. The number of carbonyl (C=O) groups excluding carboxylic acids is 1. The molecule has 2 rings (SSSR count). The molecule has 128 valence electrons. The molecule has 0 spiro atoms. The van der Waals surface area contributed by atoms with Crippen LogP contribution in [0.4, 0.5) is 0 Å². The number of H-pyrrole nitrogens is 1. The number of hydrogen-bond acceptors (Lipinski definition) is 3. The van der Waals surface area contributed by atoms with Crippen molar-refractivity contribution in [1.82, 2.24) is 25.1 Å². The molecular formula is C17H29N5O. The average molecular weight is 319 g/mol. The minimum atomic E-state index is 0.0932. The van der Waals surface area contributed by atoms with Gasteiger partial charge in [-0.2, -0.15) is 4.63 Å². The van der Waals surface area contributed by atoms with Crippen LogP contribution in [0.5, 0.6) is 0 Å². The number of aromatic nitrogens is 4. The minimum Gasteiger partial charge on any atom is -0.355 e. The molecule has 0 radical (unpaired) electrons. The van der Waals surface area contributed by atoms with Crippen molar-refractivity contribution in [3.63, 3.8) is 0 Å². The van der Waals surface area contributed by atoms with Gasteiger partial charge in [-0.05, 0) is 26.7 Å². The molecule has 2 atom stereocenters. The SMILES string of the molecule is CCCCC(CC)C(=O)NCC(C)c1nc2c(C)c(C)[nH]n2n1. The molecule has 0 fully saturated rings. The van der Waals surface area contributed by atoms with Crippen molar-refractivity contribution in [2.24, 2.45) is 5.92 Å². The number of rotatable bonds is 8. The van der Waals surface area contributed by atoms with Gasteiger partial charge < -0.3 is 5.32 Å². The first kappa shape index (κ1) is 17.5. The van der Waals surface area contributed by atoms with Crippen LogP contribution in [-0.4, -0.2) is 32.3 Å². The molecule has 0 saturated carbocycles. The number of hydrogen-bond donors (Lipinski definition) is 2. The maximum atomic E-state index is 12.3. The average Bonchev–Trinajstić information content (AvgIpc) is 3.06. The number of nitrogens with zero attached hydrogens (tertiary/aromatic N) is 3. The molecule has 1 amide bonds. The summed E-state index contributed by atoms with van der Waals surface area (Å²) < 4.78 is 1.72. The van der Waals surface area contributed by atoms with E-state index in [1.165, 1.54) is 0 Å². The van der Waals surface area contributed by atoms with Crippen molar-refractivity contribution >= 4 is 11.6 Å². The molecule has 23 heavy (non-hydrogen) atoms. The van der Waals surface area contributed by atoms with Crippen molar-refractivity contribution in [2.75, 3.05) is 6.54 Å². The van der Waals surface area contributed by atoms with Crippen molar-refractivity contribution in [3.8, 4) is 0 Å². The van der Waals surface area contributed by atoms with Gasteiger partial charge in [0.05, 0.1) is 0 Å². The van der Waals surface area contributed by atoms with E-state index in [4.69, 9.17) is 0 Å². The molecule has 0 bridgehead atoms. The highest BCUT2D eigenvalue weighted by Crippen LogP contribution is 2.17. The van der Waals surface area contributed by atoms with Crippen LogP contribution in [0.1, 0.15) is 69.5 Å². The second-order valence-electron chi connectivity index (χ2n) is 6.46. The Balaban J connectivity index is 1.94. The maximum Gasteiger partial charge on any atom is 0.223 e. The van der Waals surface area contributed by atoms with Crippen LogP contribution < -0.4 is 5.32 Å². The lowest BCUT2D eigenvalue weighted by Gasteiger charge is -2.16. The van der Waals surface area contributed by atoms with Crippen LogP contribution in [0.2, 0.25) is 0 Å². The van der Waals surface area contributed by atoms with Crippen molar-refractivity contribution < 1.29 is 4.79 Å². The second-order valence-corrected chi connectivity index (χ2v) is 6.46. The summed E-state index contributed by atoms with van der Waals surface area (Å²) in [6.45, 7) is 10.9. The summed E-state index contributed by atoms with van der Waals surface area (Å²) in [5, 5.41) is 10.7. The molecule has 0 aromatic carbocycles. The molecular weight excluding hydrogens is 290 g/mol. The van der Waals surface area contributed by atoms with Crippen molar-refractivity contribution in [1.29, 1.82) is 0 Å². The number of fused-ring (bicyclic) bond motifs is 1. The van der Waals surface area contributed by atoms with Gasteiger partial charge in [-0.15, -0.1) is 5.10 Å². The summed E-state index contributed by atoms with van der Waals surface area (Å²) in [6.07, 6.45) is 4.10.